The maximum Gasteiger partial charge on any atom is 0.503 e. The van der Waals surface area contributed by atoms with Crippen LogP contribution in [0.25, 0.3) is 22.2 Å². The number of rotatable bonds is 1. The summed E-state index contributed by atoms with van der Waals surface area (Å²) in [5, 5.41) is 15.1. The predicted molar refractivity (Wildman–Crippen MR) is 108 cm³/mol. The third kappa shape index (κ3) is 3.34. The molecule has 0 radical (unpaired) electrons. The number of hydrogen-bond donors (Lipinski definition) is 2. The number of esters is 1. The highest BCUT2D eigenvalue weighted by Crippen LogP contribution is 2.42. The maximum absolute atomic E-state index is 12.3. The number of aromatic nitrogens is 2. The van der Waals surface area contributed by atoms with Gasteiger partial charge >= 0.3 is 12.1 Å². The maximum atomic E-state index is 12.3. The normalized spacial score (nSPS) is 22.1. The van der Waals surface area contributed by atoms with Crippen LogP contribution in [0, 0.1) is 11.8 Å². The number of fused-ring (bicyclic) bond motifs is 6. The molecule has 0 bridgehead atoms. The number of ether oxygens (including phenoxy) is 2. The van der Waals surface area contributed by atoms with Crippen molar-refractivity contribution in [2.24, 2.45) is 11.8 Å². The van der Waals surface area contributed by atoms with E-state index in [2.05, 4.69) is 29.8 Å². The average Bonchev–Trinajstić information content (AvgIpc) is 3.11. The van der Waals surface area contributed by atoms with E-state index in [0.29, 0.717) is 5.57 Å². The van der Waals surface area contributed by atoms with Gasteiger partial charge in [-0.05, 0) is 25.5 Å². The molecule has 4 aliphatic heterocycles. The molecule has 1 aromatic carbocycles. The molecule has 1 aromatic rings. The smallest absolute Gasteiger partial charge is 0.497 e. The van der Waals surface area contributed by atoms with E-state index in [9.17, 15) is 4.79 Å². The molecule has 0 aliphatic carbocycles. The van der Waals surface area contributed by atoms with Gasteiger partial charge in [0.1, 0.15) is 6.10 Å². The van der Waals surface area contributed by atoms with Crippen molar-refractivity contribution < 1.29 is 29.3 Å². The van der Waals surface area contributed by atoms with Gasteiger partial charge in [-0.1, -0.05) is 18.2 Å². The summed E-state index contributed by atoms with van der Waals surface area (Å²) in [6.45, 7) is 2.88. The Kier molecular flexibility index (Phi) is 5.07. The van der Waals surface area contributed by atoms with E-state index in [-0.39, 0.29) is 23.9 Å². The molecule has 0 saturated carbocycles. The fourth-order valence-corrected chi connectivity index (χ4v) is 4.49. The molecule has 156 valence electrons. The third-order valence-corrected chi connectivity index (χ3v) is 5.89. The molecule has 8 nitrogen and oxygen atoms in total. The van der Waals surface area contributed by atoms with Gasteiger partial charge in [-0.2, -0.15) is 0 Å². The second kappa shape index (κ2) is 7.70. The Labute approximate surface area is 172 Å². The zero-order chi connectivity index (χ0) is 21.4. The number of methoxy groups -OCH3 is 1. The van der Waals surface area contributed by atoms with E-state index in [0.717, 1.165) is 24.2 Å². The van der Waals surface area contributed by atoms with Gasteiger partial charge in [0.25, 0.3) is 0 Å². The highest BCUT2D eigenvalue weighted by Gasteiger charge is 2.42. The standard InChI is InChI=1S/C21H20N2O3.CH2O3/c1-12-16-10-23-8-7-14-13-5-3-4-6-18(13)22-20(14)19(23)9-15(16)17(11-26-12)21(24)25-2;2-1(3)4/h3-8,11-12,15-16H,9-10H2,1-2H3;(H2,2,3,4)/t12-,15-,16+;/m0./s1. The number of hydrogen-bond acceptors (Lipinski definition) is 5. The molecule has 8 heteroatoms. The van der Waals surface area contributed by atoms with Crippen molar-refractivity contribution in [1.29, 1.82) is 0 Å². The molecule has 2 N–H and O–H groups in total. The molecule has 0 saturated heterocycles. The fourth-order valence-electron chi connectivity index (χ4n) is 4.49. The molecule has 0 amide bonds. The molecule has 0 unspecified atom stereocenters. The summed E-state index contributed by atoms with van der Waals surface area (Å²) in [6, 6.07) is 10.4. The number of carboxylic acid groups (broad SMARTS) is 2. The lowest BCUT2D eigenvalue weighted by atomic mass is 9.75. The first-order chi connectivity index (χ1) is 14.4. The quantitative estimate of drug-likeness (QED) is 0.589. The van der Waals surface area contributed by atoms with Crippen molar-refractivity contribution in [2.75, 3.05) is 7.11 Å². The highest BCUT2D eigenvalue weighted by molar-refractivity contribution is 5.98. The summed E-state index contributed by atoms with van der Waals surface area (Å²) in [6.07, 6.45) is 2.74. The Balaban J connectivity index is 0.000000503. The zero-order valence-electron chi connectivity index (χ0n) is 16.6. The van der Waals surface area contributed by atoms with Crippen LogP contribution >= 0.6 is 0 Å². The minimum absolute atomic E-state index is 0.0662. The summed E-state index contributed by atoms with van der Waals surface area (Å²) in [5.41, 5.74) is 5.05. The number of para-hydroxylation sites is 1. The van der Waals surface area contributed by atoms with Crippen molar-refractivity contribution in [3.05, 3.63) is 54.1 Å². The number of carbonyl (C=O) groups is 2. The first-order valence-corrected chi connectivity index (χ1v) is 9.63. The number of pyridine rings is 1. The van der Waals surface area contributed by atoms with Gasteiger partial charge in [0, 0.05) is 41.2 Å². The summed E-state index contributed by atoms with van der Waals surface area (Å²) in [7, 11) is 1.42. The van der Waals surface area contributed by atoms with Crippen LogP contribution < -0.4 is 0 Å². The van der Waals surface area contributed by atoms with E-state index in [4.69, 9.17) is 29.5 Å². The minimum atomic E-state index is -1.83. The van der Waals surface area contributed by atoms with E-state index in [1.54, 1.807) is 6.26 Å². The van der Waals surface area contributed by atoms with E-state index in [1.807, 2.05) is 18.2 Å². The lowest BCUT2D eigenvalue weighted by molar-refractivity contribution is -0.138. The van der Waals surface area contributed by atoms with Gasteiger partial charge in [-0.25, -0.2) is 14.6 Å². The molecule has 4 aliphatic rings. The highest BCUT2D eigenvalue weighted by atomic mass is 16.6. The Morgan fingerprint density at radius 3 is 2.70 bits per heavy atom. The van der Waals surface area contributed by atoms with Crippen LogP contribution in [0.3, 0.4) is 0 Å². The van der Waals surface area contributed by atoms with Crippen molar-refractivity contribution in [1.82, 2.24) is 9.55 Å². The zero-order valence-corrected chi connectivity index (χ0v) is 16.6. The van der Waals surface area contributed by atoms with Crippen molar-refractivity contribution >= 4 is 23.0 Å². The van der Waals surface area contributed by atoms with E-state index in [1.165, 1.54) is 23.8 Å². The van der Waals surface area contributed by atoms with Crippen LogP contribution in [0.5, 0.6) is 0 Å². The van der Waals surface area contributed by atoms with Crippen LogP contribution in [0.2, 0.25) is 0 Å². The van der Waals surface area contributed by atoms with Crippen molar-refractivity contribution in [3.63, 3.8) is 0 Å². The molecule has 0 fully saturated rings. The number of nitrogens with zero attached hydrogens (tertiary/aromatic N) is 2. The molecule has 4 heterocycles. The summed E-state index contributed by atoms with van der Waals surface area (Å²) < 4.78 is 13.0. The molecule has 3 atom stereocenters. The second-order valence-corrected chi connectivity index (χ2v) is 7.47. The van der Waals surface area contributed by atoms with Gasteiger partial charge in [-0.15, -0.1) is 0 Å². The van der Waals surface area contributed by atoms with Gasteiger partial charge in [0.15, 0.2) is 0 Å². The summed E-state index contributed by atoms with van der Waals surface area (Å²) >= 11 is 0. The largest absolute Gasteiger partial charge is 0.503 e. The Bertz CT molecular complexity index is 1110. The van der Waals surface area contributed by atoms with Crippen LogP contribution in [0.15, 0.2) is 48.4 Å². The summed E-state index contributed by atoms with van der Waals surface area (Å²) in [4.78, 5) is 25.7. The van der Waals surface area contributed by atoms with Gasteiger partial charge in [-0.3, -0.25) is 0 Å². The first-order valence-electron chi connectivity index (χ1n) is 9.63. The lowest BCUT2D eigenvalue weighted by Crippen LogP contribution is -2.42. The lowest BCUT2D eigenvalue weighted by Gasteiger charge is -2.41. The molecular formula is C22H22N2O6. The minimum Gasteiger partial charge on any atom is -0.497 e. The Morgan fingerprint density at radius 2 is 1.97 bits per heavy atom. The van der Waals surface area contributed by atoms with Gasteiger partial charge < -0.3 is 24.3 Å². The number of carbonyl (C=O) groups excluding carboxylic acids is 1. The molecule has 5 rings (SSSR count). The van der Waals surface area contributed by atoms with E-state index >= 15 is 0 Å². The molecule has 30 heavy (non-hydrogen) atoms. The first kappa shape index (κ1) is 19.8. The van der Waals surface area contributed by atoms with E-state index < -0.39 is 6.16 Å². The third-order valence-electron chi connectivity index (χ3n) is 5.89. The fraction of sp³-hybridized carbons (Fsp3) is 0.318. The van der Waals surface area contributed by atoms with Gasteiger partial charge in [0.2, 0.25) is 0 Å². The Morgan fingerprint density at radius 1 is 1.23 bits per heavy atom. The molecule has 0 spiro atoms. The van der Waals surface area contributed by atoms with Crippen molar-refractivity contribution in [2.45, 2.75) is 26.0 Å². The number of benzene rings is 1. The predicted octanol–water partition coefficient (Wildman–Crippen LogP) is 3.63. The summed E-state index contributed by atoms with van der Waals surface area (Å²) in [5.74, 6) is 0.0400. The average molecular weight is 410 g/mol. The second-order valence-electron chi connectivity index (χ2n) is 7.47. The molecule has 0 aromatic heterocycles. The van der Waals surface area contributed by atoms with Crippen LogP contribution in [0.4, 0.5) is 4.79 Å². The molecular weight excluding hydrogens is 388 g/mol. The van der Waals surface area contributed by atoms with Crippen LogP contribution in [-0.2, 0) is 27.2 Å². The van der Waals surface area contributed by atoms with Crippen molar-refractivity contribution in [3.8, 4) is 11.3 Å². The van der Waals surface area contributed by atoms with Gasteiger partial charge in [0.05, 0.1) is 30.2 Å². The monoisotopic (exact) mass is 410 g/mol. The van der Waals surface area contributed by atoms with Crippen LogP contribution in [-0.4, -0.2) is 45.1 Å². The topological polar surface area (TPSA) is 111 Å². The SMILES string of the molecule is COC(=O)C1=CO[C@@H](C)[C@H]2Cn3ccc4c5ccccc5nc-4c3C[C@H]12.O=C(O)O. The van der Waals surface area contributed by atoms with Crippen LogP contribution in [0.1, 0.15) is 12.6 Å². The Hall–Kier alpha value is -3.55.